The van der Waals surface area contributed by atoms with Crippen LogP contribution in [0.25, 0.3) is 0 Å². The average molecular weight is 277 g/mol. The zero-order chi connectivity index (χ0) is 14.8. The first-order valence-electron chi connectivity index (χ1n) is 7.17. The van der Waals surface area contributed by atoms with Crippen molar-refractivity contribution in [2.45, 2.75) is 38.6 Å². The van der Waals surface area contributed by atoms with E-state index in [9.17, 15) is 9.90 Å². The number of ether oxygens (including phenoxy) is 1. The number of hydrogen-bond donors (Lipinski definition) is 1. The number of likely N-dealkylation sites (N-methyl/N-ethyl adjacent to an activating group) is 1. The van der Waals surface area contributed by atoms with Gasteiger partial charge in [-0.3, -0.25) is 9.69 Å². The van der Waals surface area contributed by atoms with E-state index in [-0.39, 0.29) is 0 Å². The molecule has 0 bridgehead atoms. The fraction of sp³-hybridized carbons (Fsp3) is 0.562. The highest BCUT2D eigenvalue weighted by molar-refractivity contribution is 5.77. The molecule has 20 heavy (non-hydrogen) atoms. The van der Waals surface area contributed by atoms with Gasteiger partial charge in [0.25, 0.3) is 0 Å². The van der Waals surface area contributed by atoms with Gasteiger partial charge in [-0.15, -0.1) is 0 Å². The largest absolute Gasteiger partial charge is 0.493 e. The van der Waals surface area contributed by atoms with E-state index in [0.29, 0.717) is 12.5 Å². The molecule has 110 valence electrons. The molecule has 2 rings (SSSR count). The van der Waals surface area contributed by atoms with Gasteiger partial charge in [0.2, 0.25) is 0 Å². The molecule has 1 aromatic carbocycles. The fourth-order valence-electron chi connectivity index (χ4n) is 2.76. The summed E-state index contributed by atoms with van der Waals surface area (Å²) in [5, 5.41) is 9.40. The van der Waals surface area contributed by atoms with Crippen LogP contribution in [0, 0.1) is 0 Å². The minimum absolute atomic E-state index is 0.332. The quantitative estimate of drug-likeness (QED) is 0.899. The molecule has 0 aliphatic carbocycles. The van der Waals surface area contributed by atoms with E-state index >= 15 is 0 Å². The Morgan fingerprint density at radius 1 is 1.45 bits per heavy atom. The minimum atomic E-state index is -0.845. The summed E-state index contributed by atoms with van der Waals surface area (Å²) in [5.41, 5.74) is 0.348. The fourth-order valence-corrected chi connectivity index (χ4v) is 2.76. The van der Waals surface area contributed by atoms with Gasteiger partial charge in [-0.05, 0) is 38.4 Å². The number of nitrogens with zero attached hydrogens (tertiary/aromatic N) is 1. The molecule has 0 fully saturated rings. The maximum Gasteiger partial charge on any atom is 0.323 e. The van der Waals surface area contributed by atoms with Gasteiger partial charge in [-0.2, -0.15) is 0 Å². The van der Waals surface area contributed by atoms with Crippen LogP contribution in [-0.2, 0) is 4.79 Å². The lowest BCUT2D eigenvalue weighted by Gasteiger charge is -2.38. The van der Waals surface area contributed by atoms with Crippen LogP contribution in [0.1, 0.15) is 38.7 Å². The normalized spacial score (nSPS) is 18.5. The zero-order valence-electron chi connectivity index (χ0n) is 12.4. The number of hydrogen-bond acceptors (Lipinski definition) is 3. The molecular weight excluding hydrogens is 254 g/mol. The Kier molecular flexibility index (Phi) is 4.33. The number of fused-ring (bicyclic) bond motifs is 1. The molecule has 0 saturated heterocycles. The molecule has 4 heteroatoms. The van der Waals surface area contributed by atoms with Gasteiger partial charge in [0.15, 0.2) is 0 Å². The van der Waals surface area contributed by atoms with E-state index < -0.39 is 11.5 Å². The van der Waals surface area contributed by atoms with Crippen molar-refractivity contribution in [2.24, 2.45) is 0 Å². The third-order valence-electron chi connectivity index (χ3n) is 4.22. The Morgan fingerprint density at radius 2 is 2.15 bits per heavy atom. The van der Waals surface area contributed by atoms with Crippen molar-refractivity contribution in [3.63, 3.8) is 0 Å². The van der Waals surface area contributed by atoms with Crippen LogP contribution in [0.5, 0.6) is 5.75 Å². The van der Waals surface area contributed by atoms with Crippen LogP contribution in [0.15, 0.2) is 24.3 Å². The van der Waals surface area contributed by atoms with Crippen molar-refractivity contribution in [1.82, 2.24) is 4.90 Å². The second-order valence-corrected chi connectivity index (χ2v) is 5.77. The molecule has 0 spiro atoms. The predicted molar refractivity (Wildman–Crippen MR) is 78.3 cm³/mol. The van der Waals surface area contributed by atoms with Gasteiger partial charge in [0.1, 0.15) is 11.3 Å². The molecule has 0 amide bonds. The van der Waals surface area contributed by atoms with Gasteiger partial charge in [0, 0.05) is 12.5 Å². The second kappa shape index (κ2) is 5.83. The first-order valence-corrected chi connectivity index (χ1v) is 7.17. The average Bonchev–Trinajstić information content (AvgIpc) is 2.44. The summed E-state index contributed by atoms with van der Waals surface area (Å²) < 4.78 is 5.67. The van der Waals surface area contributed by atoms with Crippen LogP contribution in [0.3, 0.4) is 0 Å². The Bertz CT molecular complexity index is 484. The second-order valence-electron chi connectivity index (χ2n) is 5.77. The first kappa shape index (κ1) is 14.9. The van der Waals surface area contributed by atoms with E-state index in [0.717, 1.165) is 25.3 Å². The minimum Gasteiger partial charge on any atom is -0.493 e. The van der Waals surface area contributed by atoms with Crippen molar-refractivity contribution in [3.8, 4) is 5.75 Å². The Morgan fingerprint density at radius 3 is 2.80 bits per heavy atom. The number of carboxylic acid groups (broad SMARTS) is 1. The predicted octanol–water partition coefficient (Wildman–Crippen LogP) is 2.74. The van der Waals surface area contributed by atoms with Crippen molar-refractivity contribution >= 4 is 5.97 Å². The number of rotatable bonds is 5. The molecule has 1 aromatic rings. The highest BCUT2D eigenvalue weighted by Crippen LogP contribution is 2.34. The molecule has 4 nitrogen and oxygen atoms in total. The molecule has 0 radical (unpaired) electrons. The number of aliphatic carboxylic acids is 1. The summed E-state index contributed by atoms with van der Waals surface area (Å²) in [4.78, 5) is 13.5. The Labute approximate surface area is 120 Å². The molecular formula is C16H23NO3. The molecule has 1 heterocycles. The summed E-state index contributed by atoms with van der Waals surface area (Å²) in [7, 11) is 0. The summed E-state index contributed by atoms with van der Waals surface area (Å²) in [5.74, 6) is 0.492. The maximum absolute atomic E-state index is 11.4. The summed E-state index contributed by atoms with van der Waals surface area (Å²) >= 11 is 0. The lowest BCUT2D eigenvalue weighted by Crippen LogP contribution is -2.51. The molecule has 1 aliphatic rings. The molecule has 1 N–H and O–H groups in total. The third-order valence-corrected chi connectivity index (χ3v) is 4.22. The lowest BCUT2D eigenvalue weighted by atomic mass is 9.90. The van der Waals surface area contributed by atoms with Gasteiger partial charge >= 0.3 is 5.97 Å². The SMILES string of the molecule is CCN(CC1CCOc2ccccc21)C(C)(C)C(=O)O. The molecule has 1 aliphatic heterocycles. The van der Waals surface area contributed by atoms with E-state index in [2.05, 4.69) is 6.07 Å². The number of para-hydroxylation sites is 1. The number of carbonyl (C=O) groups is 1. The van der Waals surface area contributed by atoms with E-state index in [1.54, 1.807) is 13.8 Å². The Balaban J connectivity index is 2.19. The van der Waals surface area contributed by atoms with Crippen molar-refractivity contribution in [2.75, 3.05) is 19.7 Å². The lowest BCUT2D eigenvalue weighted by molar-refractivity contribution is -0.149. The highest BCUT2D eigenvalue weighted by Gasteiger charge is 2.35. The molecule has 1 unspecified atom stereocenters. The summed E-state index contributed by atoms with van der Waals surface area (Å²) in [6, 6.07) is 8.06. The standard InChI is InChI=1S/C16H23NO3/c1-4-17(16(2,3)15(18)19)11-12-9-10-20-14-8-6-5-7-13(12)14/h5-8,12H,4,9-11H2,1-3H3,(H,18,19). The number of carboxylic acids is 1. The maximum atomic E-state index is 11.4. The van der Waals surface area contributed by atoms with Crippen LogP contribution in [0.4, 0.5) is 0 Å². The van der Waals surface area contributed by atoms with Crippen LogP contribution in [-0.4, -0.2) is 41.2 Å². The van der Waals surface area contributed by atoms with Crippen LogP contribution < -0.4 is 4.74 Å². The molecule has 0 aromatic heterocycles. The monoisotopic (exact) mass is 277 g/mol. The smallest absolute Gasteiger partial charge is 0.323 e. The molecule has 1 atom stereocenters. The van der Waals surface area contributed by atoms with Crippen molar-refractivity contribution in [3.05, 3.63) is 29.8 Å². The van der Waals surface area contributed by atoms with Gasteiger partial charge in [-0.1, -0.05) is 25.1 Å². The topological polar surface area (TPSA) is 49.8 Å². The van der Waals surface area contributed by atoms with Crippen LogP contribution >= 0.6 is 0 Å². The molecule has 0 saturated carbocycles. The first-order chi connectivity index (χ1) is 9.46. The Hall–Kier alpha value is -1.55. The van der Waals surface area contributed by atoms with Gasteiger partial charge in [-0.25, -0.2) is 0 Å². The van der Waals surface area contributed by atoms with Gasteiger partial charge in [0.05, 0.1) is 6.61 Å². The van der Waals surface area contributed by atoms with E-state index in [4.69, 9.17) is 4.74 Å². The van der Waals surface area contributed by atoms with Crippen LogP contribution in [0.2, 0.25) is 0 Å². The summed E-state index contributed by atoms with van der Waals surface area (Å²) in [6.07, 6.45) is 0.934. The number of benzene rings is 1. The zero-order valence-corrected chi connectivity index (χ0v) is 12.4. The highest BCUT2D eigenvalue weighted by atomic mass is 16.5. The van der Waals surface area contributed by atoms with E-state index in [1.165, 1.54) is 5.56 Å². The van der Waals surface area contributed by atoms with Gasteiger partial charge < -0.3 is 9.84 Å². The van der Waals surface area contributed by atoms with Crippen molar-refractivity contribution < 1.29 is 14.6 Å². The van der Waals surface area contributed by atoms with Crippen molar-refractivity contribution in [1.29, 1.82) is 0 Å². The summed E-state index contributed by atoms with van der Waals surface area (Å²) in [6.45, 7) is 7.71. The third kappa shape index (κ3) is 2.80. The van der Waals surface area contributed by atoms with E-state index in [1.807, 2.05) is 30.0 Å².